The summed E-state index contributed by atoms with van der Waals surface area (Å²) in [5.41, 5.74) is -0.440. The Morgan fingerprint density at radius 2 is 2.09 bits per heavy atom. The summed E-state index contributed by atoms with van der Waals surface area (Å²) in [7, 11) is 1.57. The summed E-state index contributed by atoms with van der Waals surface area (Å²) in [6, 6.07) is 5.29. The minimum absolute atomic E-state index is 0.0511. The van der Waals surface area contributed by atoms with Crippen LogP contribution in [-0.2, 0) is 4.79 Å². The van der Waals surface area contributed by atoms with Gasteiger partial charge in [0.15, 0.2) is 5.78 Å². The Hall–Kier alpha value is -2.04. The third kappa shape index (κ3) is 2.80. The quantitative estimate of drug-likeness (QED) is 0.799. The van der Waals surface area contributed by atoms with Crippen LogP contribution in [0.2, 0.25) is 0 Å². The molecule has 1 saturated heterocycles. The molecule has 2 aliphatic rings. The molecule has 1 atom stereocenters. The molecule has 0 saturated carbocycles. The number of carbonyl (C=O) groups is 2. The van der Waals surface area contributed by atoms with E-state index in [0.717, 1.165) is 0 Å². The lowest BCUT2D eigenvalue weighted by atomic mass is 9.89. The van der Waals surface area contributed by atoms with Gasteiger partial charge in [0.25, 0.3) is 0 Å². The van der Waals surface area contributed by atoms with Gasteiger partial charge >= 0.3 is 0 Å². The van der Waals surface area contributed by atoms with E-state index in [0.29, 0.717) is 43.0 Å². The number of hydrogen-bond acceptors (Lipinski definition) is 4. The van der Waals surface area contributed by atoms with Crippen molar-refractivity contribution in [1.82, 2.24) is 4.90 Å². The fourth-order valence-electron chi connectivity index (χ4n) is 3.32. The van der Waals surface area contributed by atoms with Crippen molar-refractivity contribution >= 4 is 11.7 Å². The van der Waals surface area contributed by atoms with E-state index in [2.05, 4.69) is 0 Å². The van der Waals surface area contributed by atoms with E-state index in [9.17, 15) is 9.59 Å². The molecule has 124 valence electrons. The van der Waals surface area contributed by atoms with Crippen LogP contribution in [0.1, 0.15) is 44.0 Å². The maximum atomic E-state index is 12.5. The zero-order valence-electron chi connectivity index (χ0n) is 14.1. The number of rotatable bonds is 1. The third-order valence-corrected chi connectivity index (χ3v) is 4.54. The highest BCUT2D eigenvalue weighted by molar-refractivity contribution is 6.01. The molecule has 1 amide bonds. The number of nitrogens with zero attached hydrogens (tertiary/aromatic N) is 1. The predicted octanol–water partition coefficient (Wildman–Crippen LogP) is 2.68. The first-order chi connectivity index (χ1) is 10.7. The smallest absolute Gasteiger partial charge is 0.228 e. The zero-order chi connectivity index (χ0) is 16.8. The maximum absolute atomic E-state index is 12.5. The van der Waals surface area contributed by atoms with Gasteiger partial charge in [-0.3, -0.25) is 9.59 Å². The van der Waals surface area contributed by atoms with E-state index in [1.807, 2.05) is 25.7 Å². The molecule has 1 aromatic carbocycles. The van der Waals surface area contributed by atoms with Gasteiger partial charge < -0.3 is 14.4 Å². The van der Waals surface area contributed by atoms with Crippen molar-refractivity contribution in [3.8, 4) is 11.5 Å². The van der Waals surface area contributed by atoms with Gasteiger partial charge in [-0.05, 0) is 18.2 Å². The Morgan fingerprint density at radius 1 is 1.35 bits per heavy atom. The molecule has 5 nitrogen and oxygen atoms in total. The van der Waals surface area contributed by atoms with Crippen LogP contribution in [0.25, 0.3) is 0 Å². The lowest BCUT2D eigenvalue weighted by molar-refractivity contribution is -0.139. The average Bonchev–Trinajstić information content (AvgIpc) is 2.88. The molecule has 0 N–H and O–H groups in total. The monoisotopic (exact) mass is 317 g/mol. The van der Waals surface area contributed by atoms with Crippen LogP contribution >= 0.6 is 0 Å². The molecule has 1 fully saturated rings. The fraction of sp³-hybridized carbons (Fsp3) is 0.556. The Balaban J connectivity index is 1.83. The summed E-state index contributed by atoms with van der Waals surface area (Å²) in [5, 5.41) is 0. The first kappa shape index (κ1) is 15.8. The number of benzene rings is 1. The Kier molecular flexibility index (Phi) is 3.62. The second-order valence-corrected chi connectivity index (χ2v) is 7.47. The van der Waals surface area contributed by atoms with Gasteiger partial charge in [-0.15, -0.1) is 0 Å². The minimum Gasteiger partial charge on any atom is -0.497 e. The number of hydrogen-bond donors (Lipinski definition) is 0. The largest absolute Gasteiger partial charge is 0.497 e. The van der Waals surface area contributed by atoms with E-state index in [1.54, 1.807) is 25.3 Å². The molecule has 23 heavy (non-hydrogen) atoms. The Labute approximate surface area is 136 Å². The summed E-state index contributed by atoms with van der Waals surface area (Å²) in [6.45, 7) is 6.84. The van der Waals surface area contributed by atoms with Gasteiger partial charge in [-0.1, -0.05) is 20.8 Å². The predicted molar refractivity (Wildman–Crippen MR) is 86.0 cm³/mol. The lowest BCUT2D eigenvalue weighted by Gasteiger charge is -2.35. The highest BCUT2D eigenvalue weighted by Gasteiger charge is 2.48. The summed E-state index contributed by atoms with van der Waals surface area (Å²) in [5.74, 6) is 1.39. The van der Waals surface area contributed by atoms with Crippen LogP contribution in [0.15, 0.2) is 18.2 Å². The number of fused-ring (bicyclic) bond motifs is 1. The number of ketones is 1. The van der Waals surface area contributed by atoms with Gasteiger partial charge in [0.05, 0.1) is 25.6 Å². The van der Waals surface area contributed by atoms with Gasteiger partial charge in [-0.25, -0.2) is 0 Å². The van der Waals surface area contributed by atoms with E-state index >= 15 is 0 Å². The first-order valence-electron chi connectivity index (χ1n) is 7.94. The molecule has 1 unspecified atom stereocenters. The average molecular weight is 317 g/mol. The molecule has 0 radical (unpaired) electrons. The molecular formula is C18H23NO4. The number of likely N-dealkylation sites (tertiary alicyclic amines) is 1. The second-order valence-electron chi connectivity index (χ2n) is 7.47. The van der Waals surface area contributed by atoms with Crippen LogP contribution in [0, 0.1) is 5.41 Å². The summed E-state index contributed by atoms with van der Waals surface area (Å²) < 4.78 is 11.3. The molecule has 3 rings (SSSR count). The van der Waals surface area contributed by atoms with Crippen LogP contribution in [0.5, 0.6) is 11.5 Å². The number of amides is 1. The van der Waals surface area contributed by atoms with Crippen molar-refractivity contribution in [1.29, 1.82) is 0 Å². The molecule has 0 aromatic heterocycles. The molecular weight excluding hydrogens is 294 g/mol. The lowest BCUT2D eigenvalue weighted by Crippen LogP contribution is -2.46. The van der Waals surface area contributed by atoms with E-state index in [4.69, 9.17) is 9.47 Å². The molecule has 0 aliphatic carbocycles. The molecule has 0 bridgehead atoms. The first-order valence-corrected chi connectivity index (χ1v) is 7.94. The molecule has 1 aromatic rings. The van der Waals surface area contributed by atoms with Gasteiger partial charge in [0, 0.05) is 18.4 Å². The molecule has 1 spiro atoms. The fourth-order valence-corrected chi connectivity index (χ4v) is 3.32. The van der Waals surface area contributed by atoms with Gasteiger partial charge in [-0.2, -0.15) is 0 Å². The minimum atomic E-state index is -0.584. The normalized spacial score (nSPS) is 23.7. The van der Waals surface area contributed by atoms with Crippen molar-refractivity contribution in [2.45, 2.75) is 39.2 Å². The number of Topliss-reactive ketones (excluding diaryl/α,β-unsaturated/α-hetero) is 1. The topological polar surface area (TPSA) is 55.8 Å². The highest BCUT2D eigenvalue weighted by Crippen LogP contribution is 2.40. The number of carbonyl (C=O) groups excluding carboxylic acids is 2. The van der Waals surface area contributed by atoms with Crippen molar-refractivity contribution in [3.63, 3.8) is 0 Å². The van der Waals surface area contributed by atoms with E-state index in [1.165, 1.54) is 0 Å². The van der Waals surface area contributed by atoms with Crippen molar-refractivity contribution in [3.05, 3.63) is 23.8 Å². The van der Waals surface area contributed by atoms with Crippen molar-refractivity contribution in [2.24, 2.45) is 5.41 Å². The SMILES string of the molecule is COc1ccc2c(c1)C(=O)CC1(CCN(C(=O)C(C)(C)C)C1)O2. The van der Waals surface area contributed by atoms with Crippen LogP contribution < -0.4 is 9.47 Å². The maximum Gasteiger partial charge on any atom is 0.228 e. The van der Waals surface area contributed by atoms with Crippen molar-refractivity contribution < 1.29 is 19.1 Å². The van der Waals surface area contributed by atoms with Crippen molar-refractivity contribution in [2.75, 3.05) is 20.2 Å². The zero-order valence-corrected chi connectivity index (χ0v) is 14.1. The number of methoxy groups -OCH3 is 1. The van der Waals surface area contributed by atoms with E-state index < -0.39 is 11.0 Å². The Bertz CT molecular complexity index is 661. The van der Waals surface area contributed by atoms with Gasteiger partial charge in [0.2, 0.25) is 5.91 Å². The molecule has 5 heteroatoms. The highest BCUT2D eigenvalue weighted by atomic mass is 16.5. The van der Waals surface area contributed by atoms with Crippen LogP contribution in [0.3, 0.4) is 0 Å². The molecule has 2 aliphatic heterocycles. The molecule has 2 heterocycles. The number of ether oxygens (including phenoxy) is 2. The van der Waals surface area contributed by atoms with E-state index in [-0.39, 0.29) is 11.7 Å². The summed E-state index contributed by atoms with van der Waals surface area (Å²) in [6.07, 6.45) is 0.993. The van der Waals surface area contributed by atoms with Crippen LogP contribution in [0.4, 0.5) is 0 Å². The second kappa shape index (κ2) is 5.25. The summed E-state index contributed by atoms with van der Waals surface area (Å²) in [4.78, 5) is 26.8. The third-order valence-electron chi connectivity index (χ3n) is 4.54. The van der Waals surface area contributed by atoms with Crippen LogP contribution in [-0.4, -0.2) is 42.4 Å². The Morgan fingerprint density at radius 3 is 2.74 bits per heavy atom. The van der Waals surface area contributed by atoms with Gasteiger partial charge in [0.1, 0.15) is 17.1 Å². The standard InChI is InChI=1S/C18H23NO4/c1-17(2,3)16(21)19-8-7-18(11-19)10-14(20)13-9-12(22-4)5-6-15(13)23-18/h5-6,9H,7-8,10-11H2,1-4H3. The summed E-state index contributed by atoms with van der Waals surface area (Å²) >= 11 is 0.